The van der Waals surface area contributed by atoms with E-state index in [-0.39, 0.29) is 6.42 Å². The number of unbranched alkanes of at least 4 members (excludes halogenated alkanes) is 2. The van der Waals surface area contributed by atoms with E-state index in [2.05, 4.69) is 16.0 Å². The van der Waals surface area contributed by atoms with Gasteiger partial charge in [-0.3, -0.25) is 14.4 Å². The lowest BCUT2D eigenvalue weighted by Crippen LogP contribution is -2.60. The first-order valence-electron chi connectivity index (χ1n) is 10.7. The fourth-order valence-electron chi connectivity index (χ4n) is 2.79. The Morgan fingerprint density at radius 1 is 0.812 bits per heavy atom. The maximum atomic E-state index is 12.7. The van der Waals surface area contributed by atoms with Crippen LogP contribution in [0.3, 0.4) is 0 Å². The van der Waals surface area contributed by atoms with E-state index in [1.165, 1.54) is 6.92 Å². The van der Waals surface area contributed by atoms with Gasteiger partial charge in [-0.25, -0.2) is 4.79 Å². The van der Waals surface area contributed by atoms with Crippen LogP contribution in [0.25, 0.3) is 0 Å². The zero-order valence-corrected chi connectivity index (χ0v) is 18.5. The van der Waals surface area contributed by atoms with Gasteiger partial charge >= 0.3 is 5.97 Å². The second-order valence-electron chi connectivity index (χ2n) is 7.55. The van der Waals surface area contributed by atoms with Gasteiger partial charge < -0.3 is 48.5 Å². The van der Waals surface area contributed by atoms with Gasteiger partial charge in [0, 0.05) is 0 Å². The van der Waals surface area contributed by atoms with Gasteiger partial charge in [0.15, 0.2) is 0 Å². The molecule has 32 heavy (non-hydrogen) atoms. The molecular weight excluding hydrogens is 424 g/mol. The molecule has 0 aliphatic heterocycles. The van der Waals surface area contributed by atoms with E-state index < -0.39 is 60.6 Å². The number of nitrogens with two attached hydrogens (primary N) is 3. The number of aliphatic hydroxyl groups excluding tert-OH is 2. The van der Waals surface area contributed by atoms with Crippen LogP contribution >= 0.6 is 0 Å². The van der Waals surface area contributed by atoms with Crippen molar-refractivity contribution in [3.8, 4) is 0 Å². The Labute approximate surface area is 187 Å². The molecule has 5 atom stereocenters. The van der Waals surface area contributed by atoms with Gasteiger partial charge in [0.05, 0.1) is 18.8 Å². The lowest BCUT2D eigenvalue weighted by atomic mass is 10.0. The molecule has 0 aliphatic carbocycles. The minimum Gasteiger partial charge on any atom is -0.480 e. The third kappa shape index (κ3) is 11.3. The van der Waals surface area contributed by atoms with Gasteiger partial charge in [0.2, 0.25) is 17.7 Å². The predicted molar refractivity (Wildman–Crippen MR) is 116 cm³/mol. The molecule has 0 spiro atoms. The lowest BCUT2D eigenvalue weighted by molar-refractivity contribution is -0.143. The Morgan fingerprint density at radius 2 is 1.34 bits per heavy atom. The molecule has 0 aromatic carbocycles. The molecule has 0 radical (unpaired) electrons. The van der Waals surface area contributed by atoms with Crippen molar-refractivity contribution < 1.29 is 34.5 Å². The highest BCUT2D eigenvalue weighted by atomic mass is 16.4. The number of aliphatic hydroxyl groups is 2. The van der Waals surface area contributed by atoms with Crippen LogP contribution in [0, 0.1) is 0 Å². The fraction of sp³-hybridized carbons (Fsp3) is 0.789. The molecule has 5 unspecified atom stereocenters. The Balaban J connectivity index is 5.24. The summed E-state index contributed by atoms with van der Waals surface area (Å²) in [6.07, 6.45) is 1.48. The monoisotopic (exact) mass is 462 g/mol. The van der Waals surface area contributed by atoms with E-state index in [1.807, 2.05) is 0 Å². The van der Waals surface area contributed by atoms with Gasteiger partial charge in [-0.05, 0) is 52.1 Å². The number of rotatable bonds is 17. The van der Waals surface area contributed by atoms with E-state index in [0.717, 1.165) is 0 Å². The SMILES string of the molecule is CC(O)C(NC(=O)C(N)CCCCN)C(=O)NC(CCCCN)C(=O)NC(CO)C(=O)O. The first kappa shape index (κ1) is 29.7. The number of hydrogen-bond acceptors (Lipinski definition) is 9. The smallest absolute Gasteiger partial charge is 0.328 e. The molecule has 0 bridgehead atoms. The largest absolute Gasteiger partial charge is 0.480 e. The zero-order chi connectivity index (χ0) is 24.7. The number of aliphatic carboxylic acids is 1. The summed E-state index contributed by atoms with van der Waals surface area (Å²) < 4.78 is 0. The molecule has 13 heteroatoms. The van der Waals surface area contributed by atoms with Crippen LogP contribution in [0.2, 0.25) is 0 Å². The number of carboxylic acid groups (broad SMARTS) is 1. The molecule has 0 rings (SSSR count). The number of carboxylic acids is 1. The van der Waals surface area contributed by atoms with Crippen molar-refractivity contribution in [2.75, 3.05) is 19.7 Å². The third-order valence-electron chi connectivity index (χ3n) is 4.75. The van der Waals surface area contributed by atoms with Gasteiger partial charge in [-0.1, -0.05) is 6.42 Å². The molecule has 0 fully saturated rings. The summed E-state index contributed by atoms with van der Waals surface area (Å²) in [5, 5.41) is 35.1. The van der Waals surface area contributed by atoms with Crippen molar-refractivity contribution in [3.63, 3.8) is 0 Å². The molecule has 12 N–H and O–H groups in total. The molecule has 0 saturated heterocycles. The third-order valence-corrected chi connectivity index (χ3v) is 4.75. The lowest BCUT2D eigenvalue weighted by Gasteiger charge is -2.26. The summed E-state index contributed by atoms with van der Waals surface area (Å²) in [5.41, 5.74) is 16.7. The van der Waals surface area contributed by atoms with E-state index in [1.54, 1.807) is 0 Å². The second kappa shape index (κ2) is 16.3. The maximum Gasteiger partial charge on any atom is 0.328 e. The standard InChI is InChI=1S/C19H38N6O7/c1-11(27)15(25-16(28)12(22)6-2-4-8-20)18(30)23-13(7-3-5-9-21)17(29)24-14(10-26)19(31)32/h11-15,26-27H,2-10,20-22H2,1H3,(H,23,30)(H,24,29)(H,25,28)(H,31,32). The number of hydrogen-bond donors (Lipinski definition) is 9. The maximum absolute atomic E-state index is 12.7. The number of nitrogens with one attached hydrogen (secondary N) is 3. The highest BCUT2D eigenvalue weighted by Crippen LogP contribution is 2.05. The molecule has 0 aromatic heterocycles. The first-order valence-corrected chi connectivity index (χ1v) is 10.7. The predicted octanol–water partition coefficient (Wildman–Crippen LogP) is -3.52. The van der Waals surface area contributed by atoms with Crippen molar-refractivity contribution in [3.05, 3.63) is 0 Å². The van der Waals surface area contributed by atoms with Gasteiger partial charge in [0.1, 0.15) is 18.1 Å². The van der Waals surface area contributed by atoms with Crippen molar-refractivity contribution in [1.29, 1.82) is 0 Å². The van der Waals surface area contributed by atoms with E-state index in [9.17, 15) is 24.3 Å². The van der Waals surface area contributed by atoms with Crippen molar-refractivity contribution in [2.24, 2.45) is 17.2 Å². The molecule has 0 aromatic rings. The molecule has 186 valence electrons. The van der Waals surface area contributed by atoms with Gasteiger partial charge in [-0.2, -0.15) is 0 Å². The first-order chi connectivity index (χ1) is 15.1. The quantitative estimate of drug-likeness (QED) is 0.0964. The molecule has 0 aliphatic rings. The summed E-state index contributed by atoms with van der Waals surface area (Å²) in [7, 11) is 0. The number of carbonyl (C=O) groups excluding carboxylic acids is 3. The van der Waals surface area contributed by atoms with Crippen LogP contribution in [-0.4, -0.2) is 89.0 Å². The minimum absolute atomic E-state index is 0.131. The molecular formula is C19H38N6O7. The highest BCUT2D eigenvalue weighted by Gasteiger charge is 2.32. The van der Waals surface area contributed by atoms with E-state index in [4.69, 9.17) is 27.4 Å². The van der Waals surface area contributed by atoms with E-state index >= 15 is 0 Å². The van der Waals surface area contributed by atoms with Crippen LogP contribution in [-0.2, 0) is 19.2 Å². The van der Waals surface area contributed by atoms with Crippen LogP contribution in [0.4, 0.5) is 0 Å². The Hall–Kier alpha value is -2.32. The summed E-state index contributed by atoms with van der Waals surface area (Å²) in [6, 6.07) is -5.00. The Kier molecular flexibility index (Phi) is 15.1. The molecule has 3 amide bonds. The number of carbonyl (C=O) groups is 4. The summed E-state index contributed by atoms with van der Waals surface area (Å²) in [5.74, 6) is -3.75. The molecule has 13 nitrogen and oxygen atoms in total. The minimum atomic E-state index is -1.55. The van der Waals surface area contributed by atoms with Crippen molar-refractivity contribution >= 4 is 23.7 Å². The average molecular weight is 463 g/mol. The summed E-state index contributed by atoms with van der Waals surface area (Å²) >= 11 is 0. The topological polar surface area (TPSA) is 243 Å². The van der Waals surface area contributed by atoms with Crippen LogP contribution in [0.5, 0.6) is 0 Å². The number of amides is 3. The summed E-state index contributed by atoms with van der Waals surface area (Å²) in [4.78, 5) is 48.6. The van der Waals surface area contributed by atoms with Crippen LogP contribution in [0.15, 0.2) is 0 Å². The Morgan fingerprint density at radius 3 is 1.81 bits per heavy atom. The summed E-state index contributed by atoms with van der Waals surface area (Å²) in [6.45, 7) is 1.27. The fourth-order valence-corrected chi connectivity index (χ4v) is 2.79. The van der Waals surface area contributed by atoms with E-state index in [0.29, 0.717) is 45.2 Å². The van der Waals surface area contributed by atoms with Crippen molar-refractivity contribution in [1.82, 2.24) is 16.0 Å². The molecule has 0 saturated carbocycles. The van der Waals surface area contributed by atoms with Gasteiger partial charge in [-0.15, -0.1) is 0 Å². The normalized spacial score (nSPS) is 15.7. The van der Waals surface area contributed by atoms with Crippen molar-refractivity contribution in [2.45, 2.75) is 75.7 Å². The molecule has 0 heterocycles. The second-order valence-corrected chi connectivity index (χ2v) is 7.55. The Bertz CT molecular complexity index is 605. The average Bonchev–Trinajstić information content (AvgIpc) is 2.74. The van der Waals surface area contributed by atoms with Crippen LogP contribution < -0.4 is 33.2 Å². The van der Waals surface area contributed by atoms with Crippen LogP contribution in [0.1, 0.15) is 45.4 Å². The zero-order valence-electron chi connectivity index (χ0n) is 18.5. The van der Waals surface area contributed by atoms with Gasteiger partial charge in [0.25, 0.3) is 0 Å². The highest BCUT2D eigenvalue weighted by molar-refractivity contribution is 5.94.